The number of carbonyl (C=O) groups excluding carboxylic acids is 3. The van der Waals surface area contributed by atoms with E-state index < -0.39 is 0 Å². The predicted molar refractivity (Wildman–Crippen MR) is 137 cm³/mol. The van der Waals surface area contributed by atoms with Crippen molar-refractivity contribution in [2.45, 2.75) is 39.2 Å². The van der Waals surface area contributed by atoms with Crippen LogP contribution in [0.15, 0.2) is 40.9 Å². The Labute approximate surface area is 213 Å². The largest absolute Gasteiger partial charge is 0.484 e. The lowest BCUT2D eigenvalue weighted by Gasteiger charge is -2.18. The van der Waals surface area contributed by atoms with Crippen LogP contribution in [0.25, 0.3) is 0 Å². The minimum Gasteiger partial charge on any atom is -0.484 e. The summed E-state index contributed by atoms with van der Waals surface area (Å²) in [5.74, 6) is -0.317. The standard InChI is InChI=1S/C26H30BrN3O5/c1-16-10-19(27)11-17(2)25(16)29-23(31)15-35-21-7-5-20(6-8-21)30-14-18(12-24(30)32)26(33)28-13-22-4-3-9-34-22/h5-8,10-11,18,22H,3-4,9,12-15H2,1-2H3,(H,28,33)(H,29,31)/t18-,22-/m0/s1. The van der Waals surface area contributed by atoms with Crippen LogP contribution in [0, 0.1) is 19.8 Å². The lowest BCUT2D eigenvalue weighted by atomic mass is 10.1. The molecule has 8 nitrogen and oxygen atoms in total. The number of anilines is 2. The molecule has 35 heavy (non-hydrogen) atoms. The Morgan fingerprint density at radius 1 is 1.17 bits per heavy atom. The van der Waals surface area contributed by atoms with Crippen molar-refractivity contribution in [3.05, 3.63) is 52.0 Å². The van der Waals surface area contributed by atoms with Crippen LogP contribution < -0.4 is 20.3 Å². The van der Waals surface area contributed by atoms with Crippen molar-refractivity contribution in [2.24, 2.45) is 5.92 Å². The summed E-state index contributed by atoms with van der Waals surface area (Å²) >= 11 is 3.45. The monoisotopic (exact) mass is 543 g/mol. The number of nitrogens with one attached hydrogen (secondary N) is 2. The van der Waals surface area contributed by atoms with Gasteiger partial charge in [-0.15, -0.1) is 0 Å². The zero-order chi connectivity index (χ0) is 24.9. The summed E-state index contributed by atoms with van der Waals surface area (Å²) in [6.07, 6.45) is 2.23. The van der Waals surface area contributed by atoms with Gasteiger partial charge in [0.05, 0.1) is 12.0 Å². The highest BCUT2D eigenvalue weighted by Crippen LogP contribution is 2.28. The topological polar surface area (TPSA) is 97.0 Å². The molecule has 2 aromatic rings. The maximum atomic E-state index is 12.5. The molecule has 2 N–H and O–H groups in total. The van der Waals surface area contributed by atoms with Crippen molar-refractivity contribution < 1.29 is 23.9 Å². The lowest BCUT2D eigenvalue weighted by Crippen LogP contribution is -2.37. The lowest BCUT2D eigenvalue weighted by molar-refractivity contribution is -0.126. The van der Waals surface area contributed by atoms with E-state index in [1.807, 2.05) is 26.0 Å². The number of halogens is 1. The highest BCUT2D eigenvalue weighted by Gasteiger charge is 2.35. The van der Waals surface area contributed by atoms with Crippen molar-refractivity contribution in [2.75, 3.05) is 36.5 Å². The molecule has 0 unspecified atom stereocenters. The van der Waals surface area contributed by atoms with E-state index in [2.05, 4.69) is 26.6 Å². The fourth-order valence-corrected chi connectivity index (χ4v) is 5.14. The van der Waals surface area contributed by atoms with Crippen molar-refractivity contribution in [1.82, 2.24) is 5.32 Å². The fraction of sp³-hybridized carbons (Fsp3) is 0.423. The minimum atomic E-state index is -0.381. The SMILES string of the molecule is Cc1cc(Br)cc(C)c1NC(=O)COc1ccc(N2C[C@@H](C(=O)NC[C@@H]3CCCO3)CC2=O)cc1. The van der Waals surface area contributed by atoms with E-state index in [9.17, 15) is 14.4 Å². The Kier molecular flexibility index (Phi) is 8.07. The van der Waals surface area contributed by atoms with E-state index in [1.165, 1.54) is 0 Å². The summed E-state index contributed by atoms with van der Waals surface area (Å²) in [6.45, 7) is 5.31. The molecule has 0 saturated carbocycles. The van der Waals surface area contributed by atoms with Crippen molar-refractivity contribution in [3.63, 3.8) is 0 Å². The summed E-state index contributed by atoms with van der Waals surface area (Å²) in [5, 5.41) is 5.82. The molecule has 2 saturated heterocycles. The third kappa shape index (κ3) is 6.41. The van der Waals surface area contributed by atoms with Gasteiger partial charge in [-0.25, -0.2) is 0 Å². The molecule has 186 valence electrons. The minimum absolute atomic E-state index is 0.0738. The Balaban J connectivity index is 1.27. The van der Waals surface area contributed by atoms with E-state index >= 15 is 0 Å². The second-order valence-corrected chi connectivity index (χ2v) is 9.95. The number of carbonyl (C=O) groups is 3. The Hall–Kier alpha value is -2.91. The Morgan fingerprint density at radius 2 is 1.89 bits per heavy atom. The summed E-state index contributed by atoms with van der Waals surface area (Å²) in [7, 11) is 0. The van der Waals surface area contributed by atoms with Crippen LogP contribution in [0.4, 0.5) is 11.4 Å². The van der Waals surface area contributed by atoms with Gasteiger partial charge < -0.3 is 25.0 Å². The van der Waals surface area contributed by atoms with E-state index in [-0.39, 0.29) is 42.8 Å². The smallest absolute Gasteiger partial charge is 0.262 e. The first kappa shape index (κ1) is 25.2. The first-order chi connectivity index (χ1) is 16.8. The van der Waals surface area contributed by atoms with Gasteiger partial charge in [0, 0.05) is 42.0 Å². The number of rotatable bonds is 8. The van der Waals surface area contributed by atoms with Gasteiger partial charge in [-0.05, 0) is 74.2 Å². The third-order valence-corrected chi connectivity index (χ3v) is 6.76. The number of amides is 3. The molecule has 2 atom stereocenters. The van der Waals surface area contributed by atoms with Gasteiger partial charge in [0.25, 0.3) is 5.91 Å². The average molecular weight is 544 g/mol. The highest BCUT2D eigenvalue weighted by molar-refractivity contribution is 9.10. The number of hydrogen-bond donors (Lipinski definition) is 2. The third-order valence-electron chi connectivity index (χ3n) is 6.30. The summed E-state index contributed by atoms with van der Waals surface area (Å²) in [6, 6.07) is 10.9. The zero-order valence-electron chi connectivity index (χ0n) is 19.9. The van der Waals surface area contributed by atoms with Gasteiger partial charge in [-0.1, -0.05) is 15.9 Å². The molecular weight excluding hydrogens is 514 g/mol. The number of benzene rings is 2. The molecule has 2 aliphatic heterocycles. The maximum Gasteiger partial charge on any atom is 0.262 e. The van der Waals surface area contributed by atoms with Gasteiger partial charge >= 0.3 is 0 Å². The van der Waals surface area contributed by atoms with Crippen LogP contribution >= 0.6 is 15.9 Å². The first-order valence-corrected chi connectivity index (χ1v) is 12.6. The zero-order valence-corrected chi connectivity index (χ0v) is 21.5. The summed E-state index contributed by atoms with van der Waals surface area (Å²) in [4.78, 5) is 39.0. The maximum absolute atomic E-state index is 12.5. The molecule has 2 fully saturated rings. The molecule has 2 heterocycles. The molecule has 2 aliphatic rings. The van der Waals surface area contributed by atoms with Crippen LogP contribution in [0.2, 0.25) is 0 Å². The molecular formula is C26H30BrN3O5. The van der Waals surface area contributed by atoms with Gasteiger partial charge in [-0.3, -0.25) is 14.4 Å². The molecule has 2 aromatic carbocycles. The first-order valence-electron chi connectivity index (χ1n) is 11.8. The van der Waals surface area contributed by atoms with Crippen LogP contribution in [0.3, 0.4) is 0 Å². The summed E-state index contributed by atoms with van der Waals surface area (Å²) < 4.78 is 12.1. The van der Waals surface area contributed by atoms with E-state index in [4.69, 9.17) is 9.47 Å². The van der Waals surface area contributed by atoms with Crippen molar-refractivity contribution >= 4 is 45.0 Å². The molecule has 4 rings (SSSR count). The van der Waals surface area contributed by atoms with E-state index in [0.717, 1.165) is 40.7 Å². The predicted octanol–water partition coefficient (Wildman–Crippen LogP) is 3.73. The quantitative estimate of drug-likeness (QED) is 0.528. The van der Waals surface area contributed by atoms with Crippen molar-refractivity contribution in [3.8, 4) is 5.75 Å². The Bertz CT molecular complexity index is 1080. The van der Waals surface area contributed by atoms with Crippen molar-refractivity contribution in [1.29, 1.82) is 0 Å². The molecule has 9 heteroatoms. The normalized spacial score (nSPS) is 19.6. The molecule has 3 amide bonds. The number of hydrogen-bond acceptors (Lipinski definition) is 5. The second-order valence-electron chi connectivity index (χ2n) is 9.03. The molecule has 0 spiro atoms. The molecule has 0 bridgehead atoms. The molecule has 0 radical (unpaired) electrons. The average Bonchev–Trinajstić information content (AvgIpc) is 3.48. The Morgan fingerprint density at radius 3 is 2.54 bits per heavy atom. The van der Waals surface area contributed by atoms with Crippen LogP contribution in [0.5, 0.6) is 5.75 Å². The van der Waals surface area contributed by atoms with E-state index in [1.54, 1.807) is 29.2 Å². The van der Waals surface area contributed by atoms with Gasteiger partial charge in [-0.2, -0.15) is 0 Å². The second kappa shape index (κ2) is 11.2. The van der Waals surface area contributed by atoms with Crippen LogP contribution in [-0.4, -0.2) is 50.1 Å². The molecule has 0 aliphatic carbocycles. The molecule has 0 aromatic heterocycles. The number of aryl methyl sites for hydroxylation is 2. The van der Waals surface area contributed by atoms with Gasteiger partial charge in [0.2, 0.25) is 11.8 Å². The number of ether oxygens (including phenoxy) is 2. The summed E-state index contributed by atoms with van der Waals surface area (Å²) in [5.41, 5.74) is 3.40. The van der Waals surface area contributed by atoms with Crippen LogP contribution in [0.1, 0.15) is 30.4 Å². The van der Waals surface area contributed by atoms with Gasteiger partial charge in [0.1, 0.15) is 5.75 Å². The van der Waals surface area contributed by atoms with Gasteiger partial charge in [0.15, 0.2) is 6.61 Å². The van der Waals surface area contributed by atoms with E-state index in [0.29, 0.717) is 24.5 Å². The van der Waals surface area contributed by atoms with Crippen LogP contribution in [-0.2, 0) is 19.1 Å². The highest BCUT2D eigenvalue weighted by atomic mass is 79.9. The number of nitrogens with zero attached hydrogens (tertiary/aromatic N) is 1. The fourth-order valence-electron chi connectivity index (χ4n) is 4.45.